The highest BCUT2D eigenvalue weighted by Crippen LogP contribution is 2.36. The van der Waals surface area contributed by atoms with Crippen LogP contribution >= 0.6 is 0 Å². The number of aromatic amines is 1. The molecule has 27 heavy (non-hydrogen) atoms. The van der Waals surface area contributed by atoms with Gasteiger partial charge in [-0.25, -0.2) is 9.97 Å². The Hall–Kier alpha value is -3.36. The van der Waals surface area contributed by atoms with E-state index in [0.29, 0.717) is 22.8 Å². The molecule has 1 aromatic carbocycles. The number of alkyl halides is 3. The van der Waals surface area contributed by atoms with Crippen LogP contribution in [-0.4, -0.2) is 27.9 Å². The number of carbonyl (C=O) groups is 1. The molecule has 9 heteroatoms. The minimum absolute atomic E-state index is 0.0112. The second-order valence-electron chi connectivity index (χ2n) is 5.90. The van der Waals surface area contributed by atoms with Gasteiger partial charge in [0.05, 0.1) is 17.0 Å². The number of nitrogens with two attached hydrogens (primary N) is 1. The van der Waals surface area contributed by atoms with E-state index in [0.717, 1.165) is 12.1 Å². The lowest BCUT2D eigenvalue weighted by molar-refractivity contribution is -0.137. The molecule has 3 aromatic rings. The van der Waals surface area contributed by atoms with Crippen LogP contribution in [0.4, 0.5) is 19.0 Å². The molecule has 1 amide bonds. The number of rotatable bonds is 4. The van der Waals surface area contributed by atoms with Crippen molar-refractivity contribution in [2.45, 2.75) is 13.1 Å². The van der Waals surface area contributed by atoms with Crippen molar-refractivity contribution in [1.29, 1.82) is 0 Å². The summed E-state index contributed by atoms with van der Waals surface area (Å²) in [7, 11) is 1.69. The zero-order valence-electron chi connectivity index (χ0n) is 14.5. The molecule has 3 rings (SSSR count). The van der Waals surface area contributed by atoms with Gasteiger partial charge in [-0.1, -0.05) is 6.07 Å². The molecule has 0 aliphatic rings. The number of aromatic nitrogens is 3. The molecular formula is C18H16F3N5O. The molecule has 6 nitrogen and oxygen atoms in total. The number of halogens is 3. The van der Waals surface area contributed by atoms with E-state index in [2.05, 4.69) is 20.3 Å². The first kappa shape index (κ1) is 18.4. The van der Waals surface area contributed by atoms with Gasteiger partial charge in [-0.2, -0.15) is 13.2 Å². The van der Waals surface area contributed by atoms with Crippen molar-refractivity contribution in [2.75, 3.05) is 12.4 Å². The third-order valence-corrected chi connectivity index (χ3v) is 4.12. The van der Waals surface area contributed by atoms with Gasteiger partial charge in [-0.15, -0.1) is 0 Å². The summed E-state index contributed by atoms with van der Waals surface area (Å²) < 4.78 is 39.3. The summed E-state index contributed by atoms with van der Waals surface area (Å²) >= 11 is 0. The van der Waals surface area contributed by atoms with E-state index in [-0.39, 0.29) is 16.8 Å². The third-order valence-electron chi connectivity index (χ3n) is 4.12. The number of nitrogens with one attached hydrogen (secondary N) is 2. The number of amides is 1. The standard InChI is InChI=1S/C18H16F3N5O/c1-9-3-4-10(18(19,20)21)5-11(9)12-6-14(26-16(12)17(22)27)13-7-15(23-2)25-8-24-13/h3-8,26H,1-2H3,(H2,22,27)(H,23,24,25). The van der Waals surface area contributed by atoms with Crippen molar-refractivity contribution in [1.82, 2.24) is 15.0 Å². The van der Waals surface area contributed by atoms with Gasteiger partial charge in [0, 0.05) is 18.7 Å². The second kappa shape index (κ2) is 6.75. The summed E-state index contributed by atoms with van der Waals surface area (Å²) in [6, 6.07) is 6.57. The van der Waals surface area contributed by atoms with Crippen LogP contribution in [0.3, 0.4) is 0 Å². The maximum Gasteiger partial charge on any atom is 0.416 e. The normalized spacial score (nSPS) is 11.4. The molecule has 0 fully saturated rings. The lowest BCUT2D eigenvalue weighted by Gasteiger charge is -2.11. The Morgan fingerprint density at radius 1 is 1.15 bits per heavy atom. The average Bonchev–Trinajstić information content (AvgIpc) is 3.06. The smallest absolute Gasteiger partial charge is 0.373 e. The number of hydrogen-bond donors (Lipinski definition) is 3. The van der Waals surface area contributed by atoms with Gasteiger partial charge in [0.2, 0.25) is 0 Å². The molecule has 0 aliphatic carbocycles. The van der Waals surface area contributed by atoms with Crippen LogP contribution in [0.1, 0.15) is 21.6 Å². The van der Waals surface area contributed by atoms with Gasteiger partial charge in [0.1, 0.15) is 17.8 Å². The van der Waals surface area contributed by atoms with E-state index >= 15 is 0 Å². The summed E-state index contributed by atoms with van der Waals surface area (Å²) in [6.45, 7) is 1.66. The topological polar surface area (TPSA) is 96.7 Å². The van der Waals surface area contributed by atoms with Crippen LogP contribution in [0.5, 0.6) is 0 Å². The first-order chi connectivity index (χ1) is 12.7. The van der Waals surface area contributed by atoms with Crippen molar-refractivity contribution in [3.05, 3.63) is 53.5 Å². The molecule has 140 valence electrons. The van der Waals surface area contributed by atoms with Crippen molar-refractivity contribution in [3.63, 3.8) is 0 Å². The second-order valence-corrected chi connectivity index (χ2v) is 5.90. The summed E-state index contributed by atoms with van der Waals surface area (Å²) in [5, 5.41) is 2.86. The molecule has 0 saturated carbocycles. The van der Waals surface area contributed by atoms with Crippen molar-refractivity contribution in [2.24, 2.45) is 5.73 Å². The first-order valence-corrected chi connectivity index (χ1v) is 7.92. The van der Waals surface area contributed by atoms with E-state index in [1.54, 1.807) is 26.1 Å². The molecule has 0 bridgehead atoms. The number of H-pyrrole nitrogens is 1. The Balaban J connectivity index is 2.19. The third kappa shape index (κ3) is 3.62. The number of hydrogen-bond acceptors (Lipinski definition) is 4. The highest BCUT2D eigenvalue weighted by Gasteiger charge is 2.31. The largest absolute Gasteiger partial charge is 0.416 e. The number of primary amides is 1. The fourth-order valence-corrected chi connectivity index (χ4v) is 2.73. The van der Waals surface area contributed by atoms with E-state index in [1.807, 2.05) is 0 Å². The quantitative estimate of drug-likeness (QED) is 0.649. The average molecular weight is 375 g/mol. The first-order valence-electron chi connectivity index (χ1n) is 7.92. The Kier molecular flexibility index (Phi) is 4.61. The van der Waals surface area contributed by atoms with Gasteiger partial charge in [-0.3, -0.25) is 4.79 Å². The monoisotopic (exact) mass is 375 g/mol. The summed E-state index contributed by atoms with van der Waals surface area (Å²) in [6.07, 6.45) is -3.16. The molecular weight excluding hydrogens is 359 g/mol. The van der Waals surface area contributed by atoms with Crippen molar-refractivity contribution < 1.29 is 18.0 Å². The minimum Gasteiger partial charge on any atom is -0.373 e. The number of benzene rings is 1. The van der Waals surface area contributed by atoms with Crippen LogP contribution < -0.4 is 11.1 Å². The summed E-state index contributed by atoms with van der Waals surface area (Å²) in [5.74, 6) is -0.233. The molecule has 0 unspecified atom stereocenters. The molecule has 2 heterocycles. The predicted molar refractivity (Wildman–Crippen MR) is 95.1 cm³/mol. The Labute approximate surface area is 152 Å². The van der Waals surface area contributed by atoms with Crippen LogP contribution in [0.15, 0.2) is 36.7 Å². The van der Waals surface area contributed by atoms with Crippen LogP contribution in [0.2, 0.25) is 0 Å². The maximum atomic E-state index is 13.1. The van der Waals surface area contributed by atoms with Crippen molar-refractivity contribution in [3.8, 4) is 22.5 Å². The zero-order valence-corrected chi connectivity index (χ0v) is 14.5. The molecule has 0 saturated heterocycles. The Morgan fingerprint density at radius 2 is 1.89 bits per heavy atom. The summed E-state index contributed by atoms with van der Waals surface area (Å²) in [5.41, 5.74) is 6.68. The molecule has 2 aromatic heterocycles. The Morgan fingerprint density at radius 3 is 2.52 bits per heavy atom. The predicted octanol–water partition coefficient (Wildman–Crippen LogP) is 3.61. The van der Waals surface area contributed by atoms with E-state index in [1.165, 1.54) is 12.4 Å². The van der Waals surface area contributed by atoms with Gasteiger partial charge >= 0.3 is 6.18 Å². The Bertz CT molecular complexity index is 1010. The molecule has 4 N–H and O–H groups in total. The number of carbonyl (C=O) groups excluding carboxylic acids is 1. The molecule has 0 spiro atoms. The SMILES string of the molecule is CNc1cc(-c2cc(-c3cc(C(F)(F)F)ccc3C)c(C(N)=O)[nH]2)ncn1. The minimum atomic E-state index is -4.50. The van der Waals surface area contributed by atoms with Crippen LogP contribution in [0.25, 0.3) is 22.5 Å². The molecule has 0 radical (unpaired) electrons. The van der Waals surface area contributed by atoms with Crippen molar-refractivity contribution >= 4 is 11.7 Å². The number of aryl methyl sites for hydroxylation is 1. The fraction of sp³-hybridized carbons (Fsp3) is 0.167. The van der Waals surface area contributed by atoms with Crippen LogP contribution in [0, 0.1) is 6.92 Å². The maximum absolute atomic E-state index is 13.1. The zero-order chi connectivity index (χ0) is 19.8. The number of anilines is 1. The van der Waals surface area contributed by atoms with E-state index in [4.69, 9.17) is 5.73 Å². The molecule has 0 atom stereocenters. The highest BCUT2D eigenvalue weighted by atomic mass is 19.4. The van der Waals surface area contributed by atoms with Gasteiger partial charge in [0.15, 0.2) is 0 Å². The highest BCUT2D eigenvalue weighted by molar-refractivity contribution is 6.00. The fourth-order valence-electron chi connectivity index (χ4n) is 2.73. The summed E-state index contributed by atoms with van der Waals surface area (Å²) in [4.78, 5) is 22.9. The number of nitrogens with zero attached hydrogens (tertiary/aromatic N) is 2. The van der Waals surface area contributed by atoms with Crippen LogP contribution in [-0.2, 0) is 6.18 Å². The molecule has 0 aliphatic heterocycles. The van der Waals surface area contributed by atoms with E-state index < -0.39 is 17.6 Å². The lowest BCUT2D eigenvalue weighted by Crippen LogP contribution is -2.13. The van der Waals surface area contributed by atoms with Gasteiger partial charge in [0.25, 0.3) is 5.91 Å². The van der Waals surface area contributed by atoms with Gasteiger partial charge in [-0.05, 0) is 36.2 Å². The lowest BCUT2D eigenvalue weighted by atomic mass is 9.97. The van der Waals surface area contributed by atoms with Gasteiger partial charge < -0.3 is 16.0 Å². The van der Waals surface area contributed by atoms with E-state index in [9.17, 15) is 18.0 Å².